The van der Waals surface area contributed by atoms with Gasteiger partial charge in [0, 0.05) is 0 Å². The number of carbonyl (C=O) groups is 1. The first-order chi connectivity index (χ1) is 31.6. The maximum Gasteiger partial charge on any atom is 0.314 e. The highest BCUT2D eigenvalue weighted by molar-refractivity contribution is 5.77. The second-order valence-electron chi connectivity index (χ2n) is 20.8. The third-order valence-electron chi connectivity index (χ3n) is 17.1. The molecule has 2 bridgehead atoms. The smallest absolute Gasteiger partial charge is 0.314 e. The van der Waals surface area contributed by atoms with Gasteiger partial charge in [-0.05, 0) is 86.5 Å². The number of rotatable bonds is 12. The van der Waals surface area contributed by atoms with Gasteiger partial charge in [-0.25, -0.2) is 0 Å². The summed E-state index contributed by atoms with van der Waals surface area (Å²) in [5.74, 6) is -0.927. The second-order valence-corrected chi connectivity index (χ2v) is 20.8. The van der Waals surface area contributed by atoms with E-state index in [1.807, 2.05) is 6.92 Å². The summed E-state index contributed by atoms with van der Waals surface area (Å²) in [6.07, 6.45) is -28.3. The maximum absolute atomic E-state index is 14.7. The van der Waals surface area contributed by atoms with Crippen molar-refractivity contribution < 1.29 is 114 Å². The van der Waals surface area contributed by atoms with E-state index in [2.05, 4.69) is 13.5 Å². The minimum atomic E-state index is -1.90. The van der Waals surface area contributed by atoms with E-state index in [0.717, 1.165) is 12.0 Å². The van der Waals surface area contributed by atoms with Crippen LogP contribution >= 0.6 is 0 Å². The molecule has 0 aromatic heterocycles. The molecule has 4 heterocycles. The Morgan fingerprint density at radius 2 is 0.831 bits per heavy atom. The molecule has 4 saturated carbocycles. The minimum absolute atomic E-state index is 0. The van der Waals surface area contributed by atoms with Crippen LogP contribution in [0, 0.1) is 28.1 Å². The van der Waals surface area contributed by atoms with E-state index in [1.165, 1.54) is 0 Å². The Kier molecular flexibility index (Phi) is 46.0. The van der Waals surface area contributed by atoms with Crippen LogP contribution in [-0.4, -0.2) is 232 Å². The van der Waals surface area contributed by atoms with Gasteiger partial charge in [-0.15, -0.1) is 0 Å². The van der Waals surface area contributed by atoms with Gasteiger partial charge in [0.2, 0.25) is 6.29 Å². The number of hydrogen-bond donors (Lipinski definition) is 14. The zero-order valence-electron chi connectivity index (χ0n) is 37.5. The Hall–Kier alpha value is -1.63. The standard InChI is InChI=1S/C44H70O23.16CH4/c1-17-11-43-9-5-22-41(2,7-4-8-42(22,3)40(59)66-38-34(30(55)26(51)20(14-47)62-38)64-36-32(57)28(53)24(49)18(12-45)60-36)23(43)6-10-44(17,16-43)67-39-35(31(56)27(52)21(15-48)63-39)65-37-33(58)29(54)25(50)19(13-46)61-37;;;;;;;;;;;;;;;;/h18-39,45-58H,1,4-16H2,2-3H3;16*1H4/t18?,19?,20?,21?,22?,23-,24?,25?,26?,27?,28?,29?,30?,31?,32?,33?,34?,35?,36?,37?,38?,39?,41+,42+,43+,44?;;;;;;;;;;;;;;;;/m0................/s1. The van der Waals surface area contributed by atoms with E-state index in [9.17, 15) is 76.3 Å². The van der Waals surface area contributed by atoms with Gasteiger partial charge in [0.1, 0.15) is 91.6 Å². The van der Waals surface area contributed by atoms with Gasteiger partial charge in [-0.3, -0.25) is 4.79 Å². The average molecular weight is 1220 g/mol. The van der Waals surface area contributed by atoms with E-state index in [0.29, 0.717) is 51.4 Å². The molecule has 14 N–H and O–H groups in total. The predicted molar refractivity (Wildman–Crippen MR) is 327 cm³/mol. The monoisotopic (exact) mass is 1220 g/mol. The summed E-state index contributed by atoms with van der Waals surface area (Å²) in [4.78, 5) is 14.7. The van der Waals surface area contributed by atoms with Crippen LogP contribution in [0.1, 0.15) is 190 Å². The second kappa shape index (κ2) is 38.0. The Morgan fingerprint density at radius 3 is 1.24 bits per heavy atom. The number of fused-ring (bicyclic) bond motifs is 3. The van der Waals surface area contributed by atoms with Crippen LogP contribution in [0.25, 0.3) is 0 Å². The molecule has 512 valence electrons. The molecule has 1 spiro atoms. The molecule has 22 unspecified atom stereocenters. The summed E-state index contributed by atoms with van der Waals surface area (Å²) in [5.41, 5.74) is -2.29. The topological polar surface area (TPSA) is 374 Å². The number of ether oxygens (including phenoxy) is 8. The lowest BCUT2D eigenvalue weighted by atomic mass is 9.41. The first-order valence-corrected chi connectivity index (χ1v) is 23.4. The lowest BCUT2D eigenvalue weighted by Crippen LogP contribution is -2.66. The van der Waals surface area contributed by atoms with E-state index in [4.69, 9.17) is 37.9 Å². The highest BCUT2D eigenvalue weighted by Crippen LogP contribution is 2.74. The van der Waals surface area contributed by atoms with Gasteiger partial charge in [0.15, 0.2) is 25.0 Å². The SMILES string of the molecule is C.C.C.C.C.C.C.C.C.C.C.C.C.C.C.C.C=C1C[C@@]23CCC4[C@](C)(C(=O)OC5OC(CO)C(O)C(O)C5OC5OC(CO)C(O)C(O)C5O)CCC[C@@]4(C)[C@@H]2CCC1(OC1OC(CO)C(O)C(O)C1OC1OC(CO)C(O)C(O)C1O)C3. The molecule has 4 aliphatic carbocycles. The van der Waals surface area contributed by atoms with Gasteiger partial charge in [-0.1, -0.05) is 139 Å². The third-order valence-corrected chi connectivity index (χ3v) is 17.1. The number of aliphatic hydroxyl groups excluding tert-OH is 14. The van der Waals surface area contributed by atoms with Gasteiger partial charge in [0.05, 0.1) is 37.4 Å². The molecule has 0 aromatic rings. The third kappa shape index (κ3) is 17.0. The molecular weight excluding hydrogens is 1090 g/mol. The summed E-state index contributed by atoms with van der Waals surface area (Å²) in [6, 6.07) is 0. The van der Waals surface area contributed by atoms with Crippen molar-refractivity contribution in [3.8, 4) is 0 Å². The Morgan fingerprint density at radius 1 is 0.470 bits per heavy atom. The molecule has 4 aliphatic heterocycles. The number of esters is 1. The summed E-state index contributed by atoms with van der Waals surface area (Å²) >= 11 is 0. The Labute approximate surface area is 504 Å². The molecule has 8 rings (SSSR count). The van der Waals surface area contributed by atoms with E-state index >= 15 is 0 Å². The van der Waals surface area contributed by atoms with Gasteiger partial charge in [-0.2, -0.15) is 0 Å². The first kappa shape index (κ1) is 100. The maximum atomic E-state index is 14.7. The van der Waals surface area contributed by atoms with Crippen LogP contribution in [-0.2, 0) is 42.7 Å². The normalized spacial score (nSPS) is 44.0. The van der Waals surface area contributed by atoms with Crippen LogP contribution in [0.4, 0.5) is 0 Å². The lowest BCUT2D eigenvalue weighted by Gasteiger charge is -2.64. The molecule has 83 heavy (non-hydrogen) atoms. The molecule has 23 heteroatoms. The molecule has 23 nitrogen and oxygen atoms in total. The highest BCUT2D eigenvalue weighted by atomic mass is 16.8. The predicted octanol–water partition coefficient (Wildman–Crippen LogP) is 5.06. The highest BCUT2D eigenvalue weighted by Gasteiger charge is 2.69. The van der Waals surface area contributed by atoms with Gasteiger partial charge < -0.3 is 109 Å². The zero-order valence-corrected chi connectivity index (χ0v) is 37.5. The van der Waals surface area contributed by atoms with Crippen LogP contribution in [0.3, 0.4) is 0 Å². The van der Waals surface area contributed by atoms with Crippen LogP contribution < -0.4 is 0 Å². The molecular formula is C60H134O23. The van der Waals surface area contributed by atoms with E-state index < -0.39 is 172 Å². The number of aliphatic hydroxyl groups is 14. The van der Waals surface area contributed by atoms with Crippen molar-refractivity contribution in [2.24, 2.45) is 28.1 Å². The summed E-state index contributed by atoms with van der Waals surface area (Å²) < 4.78 is 47.6. The van der Waals surface area contributed by atoms with Crippen molar-refractivity contribution in [2.45, 2.75) is 319 Å². The van der Waals surface area contributed by atoms with Crippen molar-refractivity contribution in [3.63, 3.8) is 0 Å². The van der Waals surface area contributed by atoms with E-state index in [-0.39, 0.29) is 136 Å². The molecule has 0 amide bonds. The lowest BCUT2D eigenvalue weighted by molar-refractivity contribution is -0.378. The van der Waals surface area contributed by atoms with Crippen molar-refractivity contribution in [3.05, 3.63) is 12.2 Å². The summed E-state index contributed by atoms with van der Waals surface area (Å²) in [6.45, 7) is 5.47. The quantitative estimate of drug-likeness (QED) is 0.0689. The molecule has 0 radical (unpaired) electrons. The Balaban J connectivity index is -0.000000489. The van der Waals surface area contributed by atoms with E-state index in [1.54, 1.807) is 0 Å². The van der Waals surface area contributed by atoms with Crippen LogP contribution in [0.15, 0.2) is 12.2 Å². The number of carbonyl (C=O) groups excluding carboxylic acids is 1. The molecule has 26 atom stereocenters. The minimum Gasteiger partial charge on any atom is -0.432 e. The van der Waals surface area contributed by atoms with Crippen molar-refractivity contribution in [2.75, 3.05) is 26.4 Å². The van der Waals surface area contributed by atoms with Gasteiger partial charge >= 0.3 is 5.97 Å². The van der Waals surface area contributed by atoms with Crippen LogP contribution in [0.5, 0.6) is 0 Å². The average Bonchev–Trinajstić information content (AvgIpc) is 3.50. The zero-order chi connectivity index (χ0) is 48.7. The molecule has 0 aromatic carbocycles. The summed E-state index contributed by atoms with van der Waals surface area (Å²) in [5, 5.41) is 147. The van der Waals surface area contributed by atoms with Crippen molar-refractivity contribution in [1.82, 2.24) is 0 Å². The fourth-order valence-corrected chi connectivity index (χ4v) is 13.5. The largest absolute Gasteiger partial charge is 0.432 e. The van der Waals surface area contributed by atoms with Crippen molar-refractivity contribution >= 4 is 5.97 Å². The molecule has 8 fully saturated rings. The number of hydrogen-bond acceptors (Lipinski definition) is 23. The fourth-order valence-electron chi connectivity index (χ4n) is 13.5. The fraction of sp³-hybridized carbons (Fsp3) is 0.950. The van der Waals surface area contributed by atoms with Crippen LogP contribution in [0.2, 0.25) is 0 Å². The molecule has 4 saturated heterocycles. The Bertz CT molecular complexity index is 1770. The first-order valence-electron chi connectivity index (χ1n) is 23.4. The molecule has 8 aliphatic rings. The van der Waals surface area contributed by atoms with Crippen molar-refractivity contribution in [1.29, 1.82) is 0 Å². The van der Waals surface area contributed by atoms with Gasteiger partial charge in [0.25, 0.3) is 0 Å². The summed E-state index contributed by atoms with van der Waals surface area (Å²) in [7, 11) is 0.